The van der Waals surface area contributed by atoms with E-state index in [0.717, 1.165) is 22.6 Å². The highest BCUT2D eigenvalue weighted by Gasteiger charge is 2.40. The molecule has 1 aliphatic rings. The molecule has 3 N–H and O–H groups in total. The van der Waals surface area contributed by atoms with Crippen molar-refractivity contribution >= 4 is 28.9 Å². The number of benzene rings is 1. The van der Waals surface area contributed by atoms with E-state index < -0.39 is 5.82 Å². The number of anilines is 1. The predicted octanol–water partition coefficient (Wildman–Crippen LogP) is 4.17. The fraction of sp³-hybridized carbons (Fsp3) is 0.261. The number of hydrogen-bond acceptors (Lipinski definition) is 3. The van der Waals surface area contributed by atoms with Gasteiger partial charge < -0.3 is 20.5 Å². The van der Waals surface area contributed by atoms with Gasteiger partial charge in [-0.2, -0.15) is 0 Å². The molecular formula is C23H24FN5OS. The molecule has 31 heavy (non-hydrogen) atoms. The highest BCUT2D eigenvalue weighted by Crippen LogP contribution is 2.40. The van der Waals surface area contributed by atoms with Crippen LogP contribution < -0.4 is 10.6 Å². The fourth-order valence-corrected chi connectivity index (χ4v) is 4.37. The molecule has 0 saturated carbocycles. The van der Waals surface area contributed by atoms with E-state index >= 15 is 0 Å². The van der Waals surface area contributed by atoms with Crippen molar-refractivity contribution < 1.29 is 9.18 Å². The van der Waals surface area contributed by atoms with Crippen LogP contribution >= 0.6 is 12.2 Å². The third-order valence-electron chi connectivity index (χ3n) is 5.43. The number of nitrogens with one attached hydrogen (secondary N) is 3. The van der Waals surface area contributed by atoms with Gasteiger partial charge in [-0.05, 0) is 62.0 Å². The topological polar surface area (TPSA) is 73.1 Å². The fourth-order valence-electron chi connectivity index (χ4n) is 4.03. The lowest BCUT2D eigenvalue weighted by Gasteiger charge is -2.27. The first-order valence-electron chi connectivity index (χ1n) is 10.1. The van der Waals surface area contributed by atoms with Gasteiger partial charge in [-0.1, -0.05) is 18.2 Å². The number of aromatic nitrogens is 2. The molecule has 0 aliphatic carbocycles. The van der Waals surface area contributed by atoms with Crippen LogP contribution in [0.5, 0.6) is 0 Å². The van der Waals surface area contributed by atoms with Crippen LogP contribution in [0.2, 0.25) is 0 Å². The number of para-hydroxylation sites is 1. The number of carbonyl (C=O) groups is 1. The Labute approximate surface area is 185 Å². The van der Waals surface area contributed by atoms with Gasteiger partial charge >= 0.3 is 0 Å². The van der Waals surface area contributed by atoms with Crippen LogP contribution in [0.15, 0.2) is 54.7 Å². The molecule has 2 atom stereocenters. The normalized spacial score (nSPS) is 18.2. The van der Waals surface area contributed by atoms with Gasteiger partial charge in [0.05, 0.1) is 23.5 Å². The highest BCUT2D eigenvalue weighted by atomic mass is 32.1. The lowest BCUT2D eigenvalue weighted by Crippen LogP contribution is -2.32. The molecule has 2 aromatic heterocycles. The van der Waals surface area contributed by atoms with Crippen molar-refractivity contribution in [2.75, 3.05) is 11.9 Å². The maximum Gasteiger partial charge on any atom is 0.226 e. The molecule has 0 bridgehead atoms. The lowest BCUT2D eigenvalue weighted by molar-refractivity contribution is -0.116. The number of carbonyl (C=O) groups excluding carboxylic acids is 1. The molecule has 1 aliphatic heterocycles. The Morgan fingerprint density at radius 3 is 2.68 bits per heavy atom. The Morgan fingerprint density at radius 2 is 2.00 bits per heavy atom. The SMILES string of the molecule is Cc1cc([C@@H]2[C@H](c3ccccn3)NC(=S)N2CCC(=O)Nc2ccccc2F)c(C)[nH]1. The summed E-state index contributed by atoms with van der Waals surface area (Å²) in [5.41, 5.74) is 4.27. The number of H-pyrrole nitrogens is 1. The lowest BCUT2D eigenvalue weighted by atomic mass is 9.96. The van der Waals surface area contributed by atoms with Crippen LogP contribution in [0.3, 0.4) is 0 Å². The smallest absolute Gasteiger partial charge is 0.226 e. The average Bonchev–Trinajstić information content (AvgIpc) is 3.26. The van der Waals surface area contributed by atoms with Crippen molar-refractivity contribution in [2.24, 2.45) is 0 Å². The summed E-state index contributed by atoms with van der Waals surface area (Å²) in [6.07, 6.45) is 1.93. The standard InChI is InChI=1S/C23H24FN5OS/c1-14-13-16(15(2)26-14)22-21(19-9-5-6-11-25-19)28-23(31)29(22)12-10-20(30)27-18-8-4-3-7-17(18)24/h3-9,11,13,21-22,26H,10,12H2,1-2H3,(H,27,30)(H,28,31)/t21-,22+/m0/s1. The first-order valence-corrected chi connectivity index (χ1v) is 10.5. The molecule has 6 nitrogen and oxygen atoms in total. The zero-order chi connectivity index (χ0) is 22.0. The van der Waals surface area contributed by atoms with E-state index in [-0.39, 0.29) is 30.1 Å². The quantitative estimate of drug-likeness (QED) is 0.505. The Bertz CT molecular complexity index is 1100. The second-order valence-electron chi connectivity index (χ2n) is 7.63. The Balaban J connectivity index is 1.56. The van der Waals surface area contributed by atoms with E-state index in [0.29, 0.717) is 11.7 Å². The van der Waals surface area contributed by atoms with Gasteiger partial charge in [0.15, 0.2) is 5.11 Å². The third-order valence-corrected chi connectivity index (χ3v) is 5.79. The summed E-state index contributed by atoms with van der Waals surface area (Å²) >= 11 is 5.63. The van der Waals surface area contributed by atoms with Crippen molar-refractivity contribution in [1.82, 2.24) is 20.2 Å². The van der Waals surface area contributed by atoms with Gasteiger partial charge in [-0.3, -0.25) is 9.78 Å². The maximum absolute atomic E-state index is 13.9. The van der Waals surface area contributed by atoms with Crippen molar-refractivity contribution in [3.63, 3.8) is 0 Å². The number of thiocarbonyl (C=S) groups is 1. The Hall–Kier alpha value is -3.26. The van der Waals surface area contributed by atoms with Gasteiger partial charge in [0.1, 0.15) is 5.82 Å². The zero-order valence-electron chi connectivity index (χ0n) is 17.4. The first-order chi connectivity index (χ1) is 14.9. The number of nitrogens with zero attached hydrogens (tertiary/aromatic N) is 2. The minimum Gasteiger partial charge on any atom is -0.362 e. The Kier molecular flexibility index (Phi) is 5.99. The number of amides is 1. The maximum atomic E-state index is 13.9. The molecule has 8 heteroatoms. The molecule has 0 spiro atoms. The van der Waals surface area contributed by atoms with E-state index in [1.807, 2.05) is 36.9 Å². The monoisotopic (exact) mass is 437 g/mol. The predicted molar refractivity (Wildman–Crippen MR) is 122 cm³/mol. The van der Waals surface area contributed by atoms with Crippen molar-refractivity contribution in [1.29, 1.82) is 0 Å². The molecular weight excluding hydrogens is 413 g/mol. The summed E-state index contributed by atoms with van der Waals surface area (Å²) < 4.78 is 13.9. The van der Waals surface area contributed by atoms with Crippen LogP contribution in [0.1, 0.15) is 41.1 Å². The molecule has 1 fully saturated rings. The molecule has 3 aromatic rings. The van der Waals surface area contributed by atoms with E-state index in [2.05, 4.69) is 26.7 Å². The average molecular weight is 438 g/mol. The van der Waals surface area contributed by atoms with Gasteiger partial charge in [0.25, 0.3) is 0 Å². The molecule has 4 rings (SSSR count). The molecule has 0 unspecified atom stereocenters. The first kappa shape index (κ1) is 21.0. The van der Waals surface area contributed by atoms with Crippen LogP contribution in [-0.2, 0) is 4.79 Å². The number of halogens is 1. The summed E-state index contributed by atoms with van der Waals surface area (Å²) in [5, 5.41) is 6.58. The van der Waals surface area contributed by atoms with Crippen molar-refractivity contribution in [3.05, 3.63) is 83.2 Å². The summed E-state index contributed by atoms with van der Waals surface area (Å²) in [7, 11) is 0. The molecule has 1 saturated heterocycles. The van der Waals surface area contributed by atoms with E-state index in [1.54, 1.807) is 24.4 Å². The number of pyridine rings is 1. The third kappa shape index (κ3) is 4.44. The number of hydrogen-bond donors (Lipinski definition) is 3. The van der Waals surface area contributed by atoms with Crippen LogP contribution in [0.4, 0.5) is 10.1 Å². The van der Waals surface area contributed by atoms with Crippen molar-refractivity contribution in [3.8, 4) is 0 Å². The minimum atomic E-state index is -0.458. The van der Waals surface area contributed by atoms with Gasteiger partial charge in [-0.15, -0.1) is 0 Å². The second kappa shape index (κ2) is 8.85. The van der Waals surface area contributed by atoms with E-state index in [1.165, 1.54) is 6.07 Å². The number of rotatable bonds is 6. The number of aryl methyl sites for hydroxylation is 2. The summed E-state index contributed by atoms with van der Waals surface area (Å²) in [6, 6.07) is 13.8. The number of aromatic amines is 1. The molecule has 0 radical (unpaired) electrons. The summed E-state index contributed by atoms with van der Waals surface area (Å²) in [6.45, 7) is 4.44. The van der Waals surface area contributed by atoms with E-state index in [9.17, 15) is 9.18 Å². The minimum absolute atomic E-state index is 0.117. The molecule has 3 heterocycles. The van der Waals surface area contributed by atoms with Crippen LogP contribution in [0.25, 0.3) is 0 Å². The molecule has 1 amide bonds. The Morgan fingerprint density at radius 1 is 1.23 bits per heavy atom. The second-order valence-corrected chi connectivity index (χ2v) is 8.02. The van der Waals surface area contributed by atoms with Crippen LogP contribution in [0, 0.1) is 19.7 Å². The largest absolute Gasteiger partial charge is 0.362 e. The zero-order valence-corrected chi connectivity index (χ0v) is 18.2. The van der Waals surface area contributed by atoms with Crippen molar-refractivity contribution in [2.45, 2.75) is 32.4 Å². The summed E-state index contributed by atoms with van der Waals surface area (Å²) in [5.74, 6) is -0.726. The molecule has 160 valence electrons. The van der Waals surface area contributed by atoms with E-state index in [4.69, 9.17) is 12.2 Å². The summed E-state index contributed by atoms with van der Waals surface area (Å²) in [4.78, 5) is 22.4. The molecule has 1 aromatic carbocycles. The van der Waals surface area contributed by atoms with Crippen LogP contribution in [-0.4, -0.2) is 32.4 Å². The van der Waals surface area contributed by atoms with Gasteiger partial charge in [0.2, 0.25) is 5.91 Å². The van der Waals surface area contributed by atoms with Gasteiger partial charge in [-0.25, -0.2) is 4.39 Å². The highest BCUT2D eigenvalue weighted by molar-refractivity contribution is 7.80. The van der Waals surface area contributed by atoms with Gasteiger partial charge in [0, 0.05) is 30.6 Å².